The second-order valence-corrected chi connectivity index (χ2v) is 5.40. The highest BCUT2D eigenvalue weighted by Gasteiger charge is 2.27. The number of hydrogen-bond donors (Lipinski definition) is 1. The molecule has 1 aromatic carbocycles. The molecule has 1 heterocycles. The van der Waals surface area contributed by atoms with Crippen LogP contribution in [0.5, 0.6) is 0 Å². The third-order valence-corrected chi connectivity index (χ3v) is 3.69. The zero-order chi connectivity index (χ0) is 16.8. The Morgan fingerprint density at radius 1 is 1.30 bits per heavy atom. The quantitative estimate of drug-likeness (QED) is 0.830. The predicted molar refractivity (Wildman–Crippen MR) is 82.4 cm³/mol. The fraction of sp³-hybridized carbons (Fsp3) is 0.500. The lowest BCUT2D eigenvalue weighted by Crippen LogP contribution is -2.47. The highest BCUT2D eigenvalue weighted by Crippen LogP contribution is 2.11. The van der Waals surface area contributed by atoms with E-state index in [0.29, 0.717) is 32.0 Å². The molecule has 1 aliphatic rings. The summed E-state index contributed by atoms with van der Waals surface area (Å²) in [6, 6.07) is 5.09. The van der Waals surface area contributed by atoms with Crippen LogP contribution >= 0.6 is 0 Å². The minimum Gasteiger partial charge on any atom is -0.451 e. The molecule has 0 radical (unpaired) electrons. The van der Waals surface area contributed by atoms with E-state index < -0.39 is 29.8 Å². The molecule has 1 amide bonds. The average Bonchev–Trinajstić information content (AvgIpc) is 2.54. The molecule has 2 rings (SSSR count). The van der Waals surface area contributed by atoms with Crippen LogP contribution in [0.2, 0.25) is 0 Å². The van der Waals surface area contributed by atoms with Gasteiger partial charge in [0.2, 0.25) is 0 Å². The SMILES string of the molecule is C[C@H](OC(=O)[C@@H](C)N1CCOCC1)C(=O)Nc1cccc(F)c1. The van der Waals surface area contributed by atoms with Gasteiger partial charge in [-0.1, -0.05) is 6.07 Å². The van der Waals surface area contributed by atoms with Crippen molar-refractivity contribution in [3.63, 3.8) is 0 Å². The van der Waals surface area contributed by atoms with Gasteiger partial charge in [0.25, 0.3) is 5.91 Å². The smallest absolute Gasteiger partial charge is 0.323 e. The van der Waals surface area contributed by atoms with E-state index in [1.165, 1.54) is 25.1 Å². The van der Waals surface area contributed by atoms with Crippen LogP contribution in [-0.2, 0) is 19.1 Å². The molecule has 1 N–H and O–H groups in total. The zero-order valence-corrected chi connectivity index (χ0v) is 13.3. The third-order valence-electron chi connectivity index (χ3n) is 3.69. The Hall–Kier alpha value is -1.99. The van der Waals surface area contributed by atoms with E-state index in [0.717, 1.165) is 0 Å². The van der Waals surface area contributed by atoms with Crippen molar-refractivity contribution in [1.29, 1.82) is 0 Å². The number of benzene rings is 1. The Balaban J connectivity index is 1.85. The van der Waals surface area contributed by atoms with Crippen LogP contribution in [0.1, 0.15) is 13.8 Å². The maximum atomic E-state index is 13.1. The van der Waals surface area contributed by atoms with E-state index in [9.17, 15) is 14.0 Å². The summed E-state index contributed by atoms with van der Waals surface area (Å²) in [7, 11) is 0. The van der Waals surface area contributed by atoms with Crippen LogP contribution in [-0.4, -0.2) is 55.2 Å². The molecule has 1 saturated heterocycles. The van der Waals surface area contributed by atoms with Crippen molar-refractivity contribution in [2.75, 3.05) is 31.6 Å². The van der Waals surface area contributed by atoms with Crippen LogP contribution in [0.15, 0.2) is 24.3 Å². The van der Waals surface area contributed by atoms with Crippen LogP contribution in [0.4, 0.5) is 10.1 Å². The van der Waals surface area contributed by atoms with E-state index in [2.05, 4.69) is 5.32 Å². The first-order chi connectivity index (χ1) is 11.0. The van der Waals surface area contributed by atoms with E-state index in [1.54, 1.807) is 13.0 Å². The van der Waals surface area contributed by atoms with Gasteiger partial charge in [-0.3, -0.25) is 14.5 Å². The van der Waals surface area contributed by atoms with Crippen LogP contribution in [0.3, 0.4) is 0 Å². The van der Waals surface area contributed by atoms with Gasteiger partial charge in [-0.2, -0.15) is 0 Å². The number of anilines is 1. The van der Waals surface area contributed by atoms with Gasteiger partial charge >= 0.3 is 5.97 Å². The number of hydrogen-bond acceptors (Lipinski definition) is 5. The Morgan fingerprint density at radius 3 is 2.65 bits per heavy atom. The topological polar surface area (TPSA) is 67.9 Å². The minimum atomic E-state index is -0.964. The first-order valence-electron chi connectivity index (χ1n) is 7.56. The fourth-order valence-electron chi connectivity index (χ4n) is 2.25. The molecule has 6 nitrogen and oxygen atoms in total. The monoisotopic (exact) mass is 324 g/mol. The van der Waals surface area contributed by atoms with Crippen molar-refractivity contribution in [3.8, 4) is 0 Å². The zero-order valence-electron chi connectivity index (χ0n) is 13.3. The summed E-state index contributed by atoms with van der Waals surface area (Å²) in [6.07, 6.45) is -0.964. The maximum Gasteiger partial charge on any atom is 0.323 e. The van der Waals surface area contributed by atoms with Gasteiger partial charge in [-0.05, 0) is 32.0 Å². The molecule has 0 saturated carbocycles. The molecule has 1 fully saturated rings. The summed E-state index contributed by atoms with van der Waals surface area (Å²) in [5.74, 6) is -1.42. The van der Waals surface area contributed by atoms with Gasteiger partial charge in [0.05, 0.1) is 13.2 Å². The number of nitrogens with one attached hydrogen (secondary N) is 1. The number of amides is 1. The largest absolute Gasteiger partial charge is 0.451 e. The summed E-state index contributed by atoms with van der Waals surface area (Å²) in [5.41, 5.74) is 0.319. The van der Waals surface area contributed by atoms with Crippen LogP contribution in [0, 0.1) is 5.82 Å². The van der Waals surface area contributed by atoms with E-state index in [1.807, 2.05) is 4.90 Å². The summed E-state index contributed by atoms with van der Waals surface area (Å²) in [4.78, 5) is 26.1. The molecule has 0 aromatic heterocycles. The minimum absolute atomic E-state index is 0.319. The van der Waals surface area contributed by atoms with Crippen molar-refractivity contribution in [2.24, 2.45) is 0 Å². The molecule has 0 spiro atoms. The lowest BCUT2D eigenvalue weighted by atomic mass is 10.2. The standard InChI is InChI=1S/C16H21FN2O4/c1-11(19-6-8-22-9-7-19)16(21)23-12(2)15(20)18-14-5-3-4-13(17)10-14/h3-5,10-12H,6-9H2,1-2H3,(H,18,20)/t11-,12+/m1/s1. The molecule has 23 heavy (non-hydrogen) atoms. The Bertz CT molecular complexity index is 561. The number of rotatable bonds is 5. The lowest BCUT2D eigenvalue weighted by molar-refractivity contribution is -0.159. The van der Waals surface area contributed by atoms with Gasteiger partial charge in [-0.15, -0.1) is 0 Å². The molecule has 7 heteroatoms. The van der Waals surface area contributed by atoms with E-state index in [-0.39, 0.29) is 0 Å². The van der Waals surface area contributed by atoms with Gasteiger partial charge in [0.15, 0.2) is 6.10 Å². The fourth-order valence-corrected chi connectivity index (χ4v) is 2.25. The summed E-state index contributed by atoms with van der Waals surface area (Å²) in [6.45, 7) is 5.68. The van der Waals surface area contributed by atoms with E-state index >= 15 is 0 Å². The van der Waals surface area contributed by atoms with Gasteiger partial charge in [-0.25, -0.2) is 4.39 Å². The van der Waals surface area contributed by atoms with Crippen molar-refractivity contribution in [1.82, 2.24) is 4.90 Å². The number of carbonyl (C=O) groups excluding carboxylic acids is 2. The first kappa shape index (κ1) is 17.4. The van der Waals surface area contributed by atoms with Crippen LogP contribution < -0.4 is 5.32 Å². The predicted octanol–water partition coefficient (Wildman–Crippen LogP) is 1.42. The Labute approximate surface area is 134 Å². The molecule has 0 aliphatic carbocycles. The summed E-state index contributed by atoms with van der Waals surface area (Å²) < 4.78 is 23.5. The average molecular weight is 324 g/mol. The highest BCUT2D eigenvalue weighted by molar-refractivity contribution is 5.95. The van der Waals surface area contributed by atoms with Gasteiger partial charge < -0.3 is 14.8 Å². The number of halogens is 1. The second-order valence-electron chi connectivity index (χ2n) is 5.40. The lowest BCUT2D eigenvalue weighted by Gasteiger charge is -2.31. The third kappa shape index (κ3) is 5.01. The Kier molecular flexibility index (Phi) is 6.06. The molecular weight excluding hydrogens is 303 g/mol. The molecule has 0 unspecified atom stereocenters. The summed E-state index contributed by atoms with van der Waals surface area (Å²) >= 11 is 0. The number of morpholine rings is 1. The molecular formula is C16H21FN2O4. The van der Waals surface area contributed by atoms with Crippen molar-refractivity contribution in [3.05, 3.63) is 30.1 Å². The molecule has 2 atom stereocenters. The Morgan fingerprint density at radius 2 is 2.00 bits per heavy atom. The first-order valence-corrected chi connectivity index (χ1v) is 7.56. The molecule has 1 aromatic rings. The van der Waals surface area contributed by atoms with Crippen molar-refractivity contribution < 1.29 is 23.5 Å². The van der Waals surface area contributed by atoms with Gasteiger partial charge in [0.1, 0.15) is 11.9 Å². The highest BCUT2D eigenvalue weighted by atomic mass is 19.1. The normalized spacial score (nSPS) is 18.0. The van der Waals surface area contributed by atoms with Crippen molar-refractivity contribution in [2.45, 2.75) is 26.0 Å². The van der Waals surface area contributed by atoms with Crippen molar-refractivity contribution >= 4 is 17.6 Å². The maximum absolute atomic E-state index is 13.1. The summed E-state index contributed by atoms with van der Waals surface area (Å²) in [5, 5.41) is 2.52. The van der Waals surface area contributed by atoms with Gasteiger partial charge in [0, 0.05) is 18.8 Å². The molecule has 1 aliphatic heterocycles. The number of ether oxygens (including phenoxy) is 2. The number of nitrogens with zero attached hydrogens (tertiary/aromatic N) is 1. The molecule has 0 bridgehead atoms. The van der Waals surface area contributed by atoms with Crippen LogP contribution in [0.25, 0.3) is 0 Å². The number of carbonyl (C=O) groups is 2. The second kappa shape index (κ2) is 8.03. The number of esters is 1. The van der Waals surface area contributed by atoms with E-state index in [4.69, 9.17) is 9.47 Å². The molecule has 126 valence electrons.